The van der Waals surface area contributed by atoms with Crippen LogP contribution < -0.4 is 4.57 Å². The van der Waals surface area contributed by atoms with Crippen molar-refractivity contribution in [2.24, 2.45) is 12.5 Å². The van der Waals surface area contributed by atoms with E-state index in [1.807, 2.05) is 0 Å². The maximum absolute atomic E-state index is 2.51. The minimum absolute atomic E-state index is 0. The molecule has 1 saturated carbocycles. The van der Waals surface area contributed by atoms with E-state index in [2.05, 4.69) is 82.3 Å². The van der Waals surface area contributed by atoms with Crippen LogP contribution in [0.15, 0.2) is 24.5 Å². The van der Waals surface area contributed by atoms with Crippen LogP contribution in [0.25, 0.3) is 5.69 Å². The second-order valence-corrected chi connectivity index (χ2v) is 10.7. The highest BCUT2D eigenvalue weighted by molar-refractivity contribution is 14.0. The second-order valence-electron chi connectivity index (χ2n) is 10.7. The molecule has 1 fully saturated rings. The van der Waals surface area contributed by atoms with Gasteiger partial charge in [0.15, 0.2) is 5.69 Å². The Hall–Kier alpha value is -0.840. The van der Waals surface area contributed by atoms with Crippen LogP contribution in [-0.2, 0) is 17.9 Å². The van der Waals surface area contributed by atoms with E-state index in [-0.39, 0.29) is 40.2 Å². The first-order valence-corrected chi connectivity index (χ1v) is 10.3. The van der Waals surface area contributed by atoms with Crippen LogP contribution in [0.2, 0.25) is 0 Å². The molecule has 3 heteroatoms. The molecule has 2 nitrogen and oxygen atoms in total. The highest BCUT2D eigenvalue weighted by Crippen LogP contribution is 2.61. The van der Waals surface area contributed by atoms with Crippen LogP contribution in [0.4, 0.5) is 0 Å². The van der Waals surface area contributed by atoms with Gasteiger partial charge in [-0.1, -0.05) is 47.6 Å². The Morgan fingerprint density at radius 3 is 2.26 bits per heavy atom. The number of aryl methyl sites for hydroxylation is 1. The van der Waals surface area contributed by atoms with Crippen molar-refractivity contribution in [2.45, 2.75) is 83.5 Å². The maximum Gasteiger partial charge on any atom is 0.249 e. The Balaban J connectivity index is 0.00000180. The number of nitrogens with zero attached hydrogens (tertiary/aromatic N) is 2. The molecular weight excluding hydrogens is 443 g/mol. The van der Waals surface area contributed by atoms with Crippen molar-refractivity contribution < 1.29 is 4.57 Å². The molecule has 2 atom stereocenters. The monoisotopic (exact) mass is 477 g/mol. The molecule has 0 spiro atoms. The van der Waals surface area contributed by atoms with Crippen LogP contribution in [0.1, 0.15) is 95.2 Å². The number of fused-ring (bicyclic) bond motifs is 6. The fraction of sp³-hybridized carbons (Fsp3) is 0.625. The van der Waals surface area contributed by atoms with Gasteiger partial charge >= 0.3 is 0 Å². The number of hydrogen-bond donors (Lipinski definition) is 0. The molecule has 0 saturated heterocycles. The Labute approximate surface area is 181 Å². The minimum atomic E-state index is 0. The Morgan fingerprint density at radius 2 is 1.56 bits per heavy atom. The van der Waals surface area contributed by atoms with Crippen molar-refractivity contribution >= 4 is 24.0 Å². The third-order valence-electron chi connectivity index (χ3n) is 9.15. The van der Waals surface area contributed by atoms with Gasteiger partial charge in [0.1, 0.15) is 11.4 Å². The van der Waals surface area contributed by atoms with Crippen molar-refractivity contribution in [1.29, 1.82) is 0 Å². The van der Waals surface area contributed by atoms with Gasteiger partial charge in [0.2, 0.25) is 6.33 Å². The molecule has 1 aromatic heterocycles. The number of aromatic nitrogens is 2. The molecule has 0 radical (unpaired) electrons. The van der Waals surface area contributed by atoms with E-state index >= 15 is 0 Å². The molecule has 1 aromatic carbocycles. The molecule has 5 rings (SSSR count). The third-order valence-corrected chi connectivity index (χ3v) is 9.15. The number of benzene rings is 1. The van der Waals surface area contributed by atoms with Crippen molar-refractivity contribution in [3.63, 3.8) is 0 Å². The number of halogens is 1. The summed E-state index contributed by atoms with van der Waals surface area (Å²) in [6.07, 6.45) is 6.46. The van der Waals surface area contributed by atoms with E-state index in [1.165, 1.54) is 30.5 Å². The summed E-state index contributed by atoms with van der Waals surface area (Å²) in [6.45, 7) is 14.6. The third kappa shape index (κ3) is 2.15. The first kappa shape index (κ1) is 19.5. The molecule has 2 aromatic rings. The van der Waals surface area contributed by atoms with Gasteiger partial charge in [-0.15, -0.1) is 24.0 Å². The topological polar surface area (TPSA) is 8.81 Å². The van der Waals surface area contributed by atoms with Gasteiger partial charge in [-0.25, -0.2) is 4.57 Å². The average Bonchev–Trinajstić information content (AvgIpc) is 3.28. The molecule has 0 N–H and O–H groups in total. The molecule has 146 valence electrons. The normalized spacial score (nSPS) is 28.0. The Morgan fingerprint density at radius 1 is 0.926 bits per heavy atom. The van der Waals surface area contributed by atoms with E-state index < -0.39 is 0 Å². The first-order chi connectivity index (χ1) is 12.1. The molecule has 27 heavy (non-hydrogen) atoms. The lowest BCUT2D eigenvalue weighted by atomic mass is 9.59. The van der Waals surface area contributed by atoms with E-state index in [9.17, 15) is 0 Å². The highest BCUT2D eigenvalue weighted by Gasteiger charge is 2.57. The molecule has 0 amide bonds. The van der Waals surface area contributed by atoms with Gasteiger partial charge in [0.25, 0.3) is 0 Å². The quantitative estimate of drug-likeness (QED) is 0.358. The molecule has 2 bridgehead atoms. The van der Waals surface area contributed by atoms with Gasteiger partial charge < -0.3 is 0 Å². The summed E-state index contributed by atoms with van der Waals surface area (Å²) in [4.78, 5) is 0. The van der Waals surface area contributed by atoms with Crippen LogP contribution in [0.3, 0.4) is 0 Å². The van der Waals surface area contributed by atoms with Gasteiger partial charge in [0, 0.05) is 11.8 Å². The van der Waals surface area contributed by atoms with Gasteiger partial charge in [-0.3, -0.25) is 0 Å². The lowest BCUT2D eigenvalue weighted by Crippen LogP contribution is -2.42. The zero-order valence-electron chi connectivity index (χ0n) is 17.9. The van der Waals surface area contributed by atoms with Crippen molar-refractivity contribution in [2.75, 3.05) is 0 Å². The zero-order chi connectivity index (χ0) is 18.6. The summed E-state index contributed by atoms with van der Waals surface area (Å²) >= 11 is 0. The highest BCUT2D eigenvalue weighted by atomic mass is 127. The van der Waals surface area contributed by atoms with Crippen LogP contribution in [0, 0.1) is 5.41 Å². The molecule has 3 aliphatic rings. The lowest BCUT2D eigenvalue weighted by molar-refractivity contribution is -0.679. The molecule has 3 aliphatic carbocycles. The molecule has 0 aliphatic heterocycles. The Bertz CT molecular complexity index is 932. The number of hydrogen-bond acceptors (Lipinski definition) is 0. The fourth-order valence-corrected chi connectivity index (χ4v) is 6.39. The van der Waals surface area contributed by atoms with E-state index in [0.717, 1.165) is 11.8 Å². The summed E-state index contributed by atoms with van der Waals surface area (Å²) < 4.78 is 4.90. The van der Waals surface area contributed by atoms with E-state index in [1.54, 1.807) is 17.0 Å². The summed E-state index contributed by atoms with van der Waals surface area (Å²) in [5.41, 5.74) is 8.20. The molecular formula is C24H34IN2+. The summed E-state index contributed by atoms with van der Waals surface area (Å²) in [7, 11) is 2.24. The second kappa shape index (κ2) is 5.61. The smallest absolute Gasteiger partial charge is 0.236 e. The minimum Gasteiger partial charge on any atom is -0.236 e. The summed E-state index contributed by atoms with van der Waals surface area (Å²) in [6, 6.07) is 7.28. The van der Waals surface area contributed by atoms with Gasteiger partial charge in [-0.2, -0.15) is 4.57 Å². The zero-order valence-corrected chi connectivity index (χ0v) is 20.2. The fourth-order valence-electron chi connectivity index (χ4n) is 6.39. The lowest BCUT2D eigenvalue weighted by Gasteiger charge is -2.44. The molecule has 2 unspecified atom stereocenters. The largest absolute Gasteiger partial charge is 0.249 e. The van der Waals surface area contributed by atoms with Gasteiger partial charge in [-0.05, 0) is 58.8 Å². The average molecular weight is 477 g/mol. The predicted octanol–water partition coefficient (Wildman–Crippen LogP) is 5.88. The van der Waals surface area contributed by atoms with Crippen molar-refractivity contribution in [1.82, 2.24) is 4.57 Å². The maximum atomic E-state index is 2.51. The number of imidazole rings is 1. The van der Waals surface area contributed by atoms with Crippen molar-refractivity contribution in [3.8, 4) is 5.69 Å². The summed E-state index contributed by atoms with van der Waals surface area (Å²) in [5.74, 6) is 1.57. The van der Waals surface area contributed by atoms with E-state index in [0.29, 0.717) is 0 Å². The first-order valence-electron chi connectivity index (χ1n) is 10.3. The van der Waals surface area contributed by atoms with Crippen molar-refractivity contribution in [3.05, 3.63) is 47.0 Å². The molecule has 1 heterocycles. The van der Waals surface area contributed by atoms with Crippen LogP contribution >= 0.6 is 24.0 Å². The Kier molecular flexibility index (Phi) is 4.05. The van der Waals surface area contributed by atoms with Crippen LogP contribution in [-0.4, -0.2) is 4.57 Å². The predicted molar refractivity (Wildman–Crippen MR) is 122 cm³/mol. The summed E-state index contributed by atoms with van der Waals surface area (Å²) in [5, 5.41) is 0. The standard InChI is InChI=1S/C24H33N2.HI/c1-22(2)18-11-10-17(13-19(18)23(3,4)24(22,5)6)26-14-25(7)20-15-8-9-16(12-15)21(20)26;/h10-11,13-16H,8-9,12H2,1-7H3;1H/q+1;. The SMILES string of the molecule is C[n+]1cn(-c2ccc3c(c2)C(C)(C)C(C)(C)C3(C)C)c2c1C1CCC2C1.I. The number of rotatable bonds is 1. The van der Waals surface area contributed by atoms with Gasteiger partial charge in [0.05, 0.1) is 7.05 Å². The van der Waals surface area contributed by atoms with Crippen LogP contribution in [0.5, 0.6) is 0 Å². The van der Waals surface area contributed by atoms with E-state index in [4.69, 9.17) is 0 Å².